The predicted octanol–water partition coefficient (Wildman–Crippen LogP) is 4.88. The number of carbonyl (C=O) groups excluding carboxylic acids is 2. The zero-order valence-corrected chi connectivity index (χ0v) is 19.3. The lowest BCUT2D eigenvalue weighted by molar-refractivity contribution is -0.152. The van der Waals surface area contributed by atoms with Crippen LogP contribution in [-0.2, 0) is 16.1 Å². The average Bonchev–Trinajstić information content (AvgIpc) is 3.26. The van der Waals surface area contributed by atoms with Crippen molar-refractivity contribution in [3.63, 3.8) is 0 Å². The Kier molecular flexibility index (Phi) is 5.88. The van der Waals surface area contributed by atoms with Gasteiger partial charge in [-0.1, -0.05) is 55.5 Å². The van der Waals surface area contributed by atoms with E-state index in [1.54, 1.807) is 43.0 Å². The van der Waals surface area contributed by atoms with Crippen molar-refractivity contribution in [2.75, 3.05) is 0 Å². The number of halogens is 2. The van der Waals surface area contributed by atoms with E-state index in [1.165, 1.54) is 28.9 Å². The van der Waals surface area contributed by atoms with Crippen molar-refractivity contribution in [2.24, 2.45) is 11.8 Å². The number of fused-ring (bicyclic) bond motifs is 1. The van der Waals surface area contributed by atoms with Crippen LogP contribution in [0.4, 0.5) is 8.78 Å². The highest BCUT2D eigenvalue weighted by Gasteiger charge is 2.48. The van der Waals surface area contributed by atoms with Crippen LogP contribution in [-0.4, -0.2) is 31.6 Å². The molecule has 0 aliphatic carbocycles. The first-order chi connectivity index (χ1) is 16.8. The first-order valence-electron chi connectivity index (χ1n) is 11.5. The number of ketones is 1. The molecular formula is C27H24F2N4O2. The Hall–Kier alpha value is -3.94. The van der Waals surface area contributed by atoms with Crippen LogP contribution in [0.2, 0.25) is 0 Å². The number of Topliss-reactive ketones (excluding diaryl/α,β-unsaturated/α-hetero) is 1. The van der Waals surface area contributed by atoms with Crippen molar-refractivity contribution in [3.8, 4) is 0 Å². The summed E-state index contributed by atoms with van der Waals surface area (Å²) in [6, 6.07) is 17.8. The molecule has 3 aromatic carbocycles. The maximum absolute atomic E-state index is 14.0. The van der Waals surface area contributed by atoms with Crippen LogP contribution in [0.5, 0.6) is 0 Å². The smallest absolute Gasteiger partial charge is 0.245 e. The van der Waals surface area contributed by atoms with Crippen molar-refractivity contribution in [1.29, 1.82) is 0 Å². The number of hydrogen-bond acceptors (Lipinski definition) is 4. The third kappa shape index (κ3) is 4.09. The van der Waals surface area contributed by atoms with Gasteiger partial charge in [0.2, 0.25) is 5.91 Å². The minimum atomic E-state index is -0.628. The minimum absolute atomic E-state index is 0.0103. The lowest BCUT2D eigenvalue weighted by Gasteiger charge is -2.48. The number of rotatable bonds is 4. The largest absolute Gasteiger partial charge is 0.326 e. The van der Waals surface area contributed by atoms with Crippen molar-refractivity contribution < 1.29 is 18.4 Å². The van der Waals surface area contributed by atoms with Gasteiger partial charge in [0.05, 0.1) is 17.6 Å². The van der Waals surface area contributed by atoms with Gasteiger partial charge >= 0.3 is 0 Å². The number of likely N-dealkylation sites (tertiary alicyclic amines) is 1. The summed E-state index contributed by atoms with van der Waals surface area (Å²) in [7, 11) is 0. The molecule has 0 saturated carbocycles. The lowest BCUT2D eigenvalue weighted by atomic mass is 9.74. The van der Waals surface area contributed by atoms with Crippen LogP contribution in [0.15, 0.2) is 72.8 Å². The first kappa shape index (κ1) is 22.8. The maximum Gasteiger partial charge on any atom is 0.245 e. The lowest BCUT2D eigenvalue weighted by Crippen LogP contribution is -2.52. The molecule has 4 aromatic rings. The van der Waals surface area contributed by atoms with Gasteiger partial charge in [-0.25, -0.2) is 13.5 Å². The molecule has 8 heteroatoms. The van der Waals surface area contributed by atoms with Crippen LogP contribution in [0, 0.1) is 23.5 Å². The molecule has 1 amide bonds. The van der Waals surface area contributed by atoms with Crippen LogP contribution in [0.1, 0.15) is 37.1 Å². The number of para-hydroxylation sites is 1. The predicted molar refractivity (Wildman–Crippen MR) is 126 cm³/mol. The van der Waals surface area contributed by atoms with Gasteiger partial charge in [-0.2, -0.15) is 0 Å². The normalized spacial score (nSPS) is 22.5. The van der Waals surface area contributed by atoms with E-state index < -0.39 is 35.6 Å². The van der Waals surface area contributed by atoms with Gasteiger partial charge in [0, 0.05) is 11.8 Å². The van der Waals surface area contributed by atoms with E-state index in [4.69, 9.17) is 0 Å². The molecule has 0 radical (unpaired) electrons. The second-order valence-corrected chi connectivity index (χ2v) is 9.01. The number of aromatic nitrogens is 3. The number of hydrogen-bond donors (Lipinski definition) is 0. The Bertz CT molecular complexity index is 1320. The molecule has 4 atom stereocenters. The molecule has 1 aromatic heterocycles. The van der Waals surface area contributed by atoms with Crippen molar-refractivity contribution >= 4 is 22.7 Å². The van der Waals surface area contributed by atoms with Crippen molar-refractivity contribution in [3.05, 3.63) is 95.6 Å². The molecule has 0 N–H and O–H groups in total. The Morgan fingerprint density at radius 2 is 1.34 bits per heavy atom. The standard InChI is InChI=1S/C27H24F2N4O2/c1-16-25(18-7-11-20(28)12-8-18)33(24(34)15-32-23-6-4-3-5-22(23)30-31-32)26(17(2)27(16)35)19-9-13-21(29)14-10-19/h3-14,16-17,25-26H,15H2,1-2H3. The third-order valence-corrected chi connectivity index (χ3v) is 6.86. The van der Waals surface area contributed by atoms with Gasteiger partial charge in [-0.15, -0.1) is 5.10 Å². The fourth-order valence-electron chi connectivity index (χ4n) is 5.15. The summed E-state index contributed by atoms with van der Waals surface area (Å²) in [6.45, 7) is 3.49. The Morgan fingerprint density at radius 3 is 1.89 bits per heavy atom. The van der Waals surface area contributed by atoms with Crippen molar-refractivity contribution in [2.45, 2.75) is 32.5 Å². The summed E-state index contributed by atoms with van der Waals surface area (Å²) >= 11 is 0. The fourth-order valence-corrected chi connectivity index (χ4v) is 5.15. The molecule has 1 aliphatic rings. The summed E-state index contributed by atoms with van der Waals surface area (Å²) in [6.07, 6.45) is 0. The van der Waals surface area contributed by atoms with E-state index in [0.717, 1.165) is 0 Å². The van der Waals surface area contributed by atoms with Crippen LogP contribution in [0.3, 0.4) is 0 Å². The van der Waals surface area contributed by atoms with Gasteiger partial charge in [-0.3, -0.25) is 9.59 Å². The van der Waals surface area contributed by atoms with E-state index in [-0.39, 0.29) is 18.2 Å². The molecule has 178 valence electrons. The van der Waals surface area contributed by atoms with E-state index in [0.29, 0.717) is 22.2 Å². The summed E-state index contributed by atoms with van der Waals surface area (Å²) in [5, 5.41) is 8.29. The molecule has 5 rings (SSSR count). The van der Waals surface area contributed by atoms with Gasteiger partial charge in [0.25, 0.3) is 0 Å². The molecule has 6 nitrogen and oxygen atoms in total. The molecule has 35 heavy (non-hydrogen) atoms. The van der Waals surface area contributed by atoms with Crippen LogP contribution >= 0.6 is 0 Å². The molecule has 0 bridgehead atoms. The van der Waals surface area contributed by atoms with E-state index in [1.807, 2.05) is 24.3 Å². The van der Waals surface area contributed by atoms with Gasteiger partial charge < -0.3 is 4.90 Å². The Morgan fingerprint density at radius 1 is 0.829 bits per heavy atom. The summed E-state index contributed by atoms with van der Waals surface area (Å²) < 4.78 is 29.0. The van der Waals surface area contributed by atoms with E-state index in [2.05, 4.69) is 10.3 Å². The van der Waals surface area contributed by atoms with Gasteiger partial charge in [0.1, 0.15) is 29.5 Å². The SMILES string of the molecule is CC1C(=O)C(C)C(c2ccc(F)cc2)N(C(=O)Cn2nnc3ccccc32)C1c1ccc(F)cc1. The number of amides is 1. The third-order valence-electron chi connectivity index (χ3n) is 6.86. The van der Waals surface area contributed by atoms with Crippen LogP contribution < -0.4 is 0 Å². The topological polar surface area (TPSA) is 68.1 Å². The maximum atomic E-state index is 14.0. The van der Waals surface area contributed by atoms with E-state index in [9.17, 15) is 18.4 Å². The van der Waals surface area contributed by atoms with E-state index >= 15 is 0 Å². The minimum Gasteiger partial charge on any atom is -0.326 e. The molecular weight excluding hydrogens is 450 g/mol. The molecule has 1 fully saturated rings. The molecule has 1 aliphatic heterocycles. The van der Waals surface area contributed by atoms with Gasteiger partial charge in [0.15, 0.2) is 0 Å². The van der Waals surface area contributed by atoms with Crippen LogP contribution in [0.25, 0.3) is 11.0 Å². The zero-order chi connectivity index (χ0) is 24.7. The summed E-state index contributed by atoms with van der Waals surface area (Å²) in [4.78, 5) is 29.0. The quantitative estimate of drug-likeness (QED) is 0.423. The molecule has 0 spiro atoms. The second kappa shape index (κ2) is 9.02. The summed E-state index contributed by atoms with van der Waals surface area (Å²) in [5.41, 5.74) is 2.69. The average molecular weight is 475 g/mol. The first-order valence-corrected chi connectivity index (χ1v) is 11.5. The number of benzene rings is 3. The van der Waals surface area contributed by atoms with Gasteiger partial charge in [-0.05, 0) is 47.5 Å². The highest BCUT2D eigenvalue weighted by molar-refractivity contribution is 5.89. The Balaban J connectivity index is 1.62. The fraction of sp³-hybridized carbons (Fsp3) is 0.259. The monoisotopic (exact) mass is 474 g/mol. The molecule has 4 unspecified atom stereocenters. The second-order valence-electron chi connectivity index (χ2n) is 9.01. The Labute approximate surface area is 201 Å². The summed E-state index contributed by atoms with van der Waals surface area (Å²) in [5.74, 6) is -2.13. The molecule has 1 saturated heterocycles. The van der Waals surface area contributed by atoms with Crippen molar-refractivity contribution in [1.82, 2.24) is 19.9 Å². The molecule has 2 heterocycles. The highest BCUT2D eigenvalue weighted by atomic mass is 19.1. The number of nitrogens with zero attached hydrogens (tertiary/aromatic N) is 4. The highest BCUT2D eigenvalue weighted by Crippen LogP contribution is 2.46. The zero-order valence-electron chi connectivity index (χ0n) is 19.3. The number of piperidine rings is 1. The number of carbonyl (C=O) groups is 2.